The topological polar surface area (TPSA) is 58.6 Å². The van der Waals surface area contributed by atoms with Gasteiger partial charge in [0.1, 0.15) is 12.4 Å². The van der Waals surface area contributed by atoms with E-state index in [1.165, 1.54) is 0 Å². The number of ether oxygens (including phenoxy) is 1. The van der Waals surface area contributed by atoms with Gasteiger partial charge < -0.3 is 9.64 Å². The number of rotatable bonds is 3. The molecule has 4 rings (SSSR count). The summed E-state index contributed by atoms with van der Waals surface area (Å²) < 4.78 is 34.0. The van der Waals surface area contributed by atoms with E-state index in [-0.39, 0.29) is 4.90 Å². The van der Waals surface area contributed by atoms with Crippen LogP contribution in [0.2, 0.25) is 0 Å². The van der Waals surface area contributed by atoms with Crippen LogP contribution in [0.3, 0.4) is 0 Å². The van der Waals surface area contributed by atoms with Crippen LogP contribution in [0.15, 0.2) is 65.6 Å². The Balaban J connectivity index is 1.74. The molecule has 0 saturated carbocycles. The highest BCUT2D eigenvalue weighted by molar-refractivity contribution is 7.92. The molecular formula is C19H18N2O3S. The molecular weight excluding hydrogens is 336 g/mol. The number of hydrogen-bond acceptors (Lipinski definition) is 4. The maximum atomic E-state index is 12.9. The van der Waals surface area contributed by atoms with E-state index in [0.717, 1.165) is 23.0 Å². The summed E-state index contributed by atoms with van der Waals surface area (Å²) in [4.78, 5) is 2.21. The van der Waals surface area contributed by atoms with Crippen molar-refractivity contribution in [1.82, 2.24) is 0 Å². The Kier molecular flexibility index (Phi) is 3.77. The van der Waals surface area contributed by atoms with Gasteiger partial charge in [-0.2, -0.15) is 0 Å². The fraction of sp³-hybridized carbons (Fsp3) is 0.158. The van der Waals surface area contributed by atoms with Crippen molar-refractivity contribution in [2.75, 3.05) is 29.8 Å². The lowest BCUT2D eigenvalue weighted by atomic mass is 10.1. The summed E-state index contributed by atoms with van der Waals surface area (Å²) in [6.07, 6.45) is 0. The van der Waals surface area contributed by atoms with Crippen LogP contribution < -0.4 is 14.4 Å². The van der Waals surface area contributed by atoms with Crippen LogP contribution in [0.5, 0.6) is 5.75 Å². The molecule has 0 spiro atoms. The van der Waals surface area contributed by atoms with Crippen molar-refractivity contribution >= 4 is 32.2 Å². The van der Waals surface area contributed by atoms with Gasteiger partial charge in [0.25, 0.3) is 10.0 Å². The number of nitrogens with one attached hydrogen (secondary N) is 1. The molecule has 128 valence electrons. The van der Waals surface area contributed by atoms with Crippen LogP contribution >= 0.6 is 0 Å². The standard InChI is InChI=1S/C19H18N2O3S/c1-21-11-12-24-19-10-9-15(13-18(19)21)25(22,23)20-17-8-4-6-14-5-2-3-7-16(14)17/h2-10,13,20H,11-12H2,1H3. The third-order valence-corrected chi connectivity index (χ3v) is 5.73. The minimum atomic E-state index is -3.69. The van der Waals surface area contributed by atoms with E-state index < -0.39 is 10.0 Å². The SMILES string of the molecule is CN1CCOc2ccc(S(=O)(=O)Nc3cccc4ccccc34)cc21. The van der Waals surface area contributed by atoms with Crippen LogP contribution in [-0.2, 0) is 10.0 Å². The van der Waals surface area contributed by atoms with Gasteiger partial charge in [0, 0.05) is 12.4 Å². The minimum absolute atomic E-state index is 0.219. The maximum Gasteiger partial charge on any atom is 0.261 e. The molecule has 1 heterocycles. The van der Waals surface area contributed by atoms with Gasteiger partial charge in [-0.3, -0.25) is 4.72 Å². The second-order valence-corrected chi connectivity index (χ2v) is 7.71. The van der Waals surface area contributed by atoms with Crippen LogP contribution in [0.1, 0.15) is 0 Å². The Labute approximate surface area is 146 Å². The van der Waals surface area contributed by atoms with E-state index in [0.29, 0.717) is 18.0 Å². The molecule has 0 fully saturated rings. The lowest BCUT2D eigenvalue weighted by molar-refractivity contribution is 0.311. The summed E-state index contributed by atoms with van der Waals surface area (Å²) in [5.74, 6) is 0.706. The van der Waals surface area contributed by atoms with Crippen molar-refractivity contribution in [1.29, 1.82) is 0 Å². The lowest BCUT2D eigenvalue weighted by Gasteiger charge is -2.28. The third kappa shape index (κ3) is 2.89. The van der Waals surface area contributed by atoms with Crippen molar-refractivity contribution in [3.8, 4) is 5.75 Å². The number of nitrogens with zero attached hydrogens (tertiary/aromatic N) is 1. The normalized spacial score (nSPS) is 14.0. The molecule has 0 aliphatic carbocycles. The summed E-state index contributed by atoms with van der Waals surface area (Å²) in [5.41, 5.74) is 1.35. The molecule has 1 aliphatic heterocycles. The van der Waals surface area contributed by atoms with Gasteiger partial charge in [-0.15, -0.1) is 0 Å². The van der Waals surface area contributed by atoms with Crippen molar-refractivity contribution in [3.63, 3.8) is 0 Å². The van der Waals surface area contributed by atoms with Crippen molar-refractivity contribution < 1.29 is 13.2 Å². The van der Waals surface area contributed by atoms with Gasteiger partial charge in [-0.1, -0.05) is 36.4 Å². The zero-order valence-corrected chi connectivity index (χ0v) is 14.6. The first-order valence-electron chi connectivity index (χ1n) is 8.03. The van der Waals surface area contributed by atoms with E-state index in [4.69, 9.17) is 4.74 Å². The summed E-state index contributed by atoms with van der Waals surface area (Å²) in [5, 5.41) is 1.85. The predicted molar refractivity (Wildman–Crippen MR) is 100.0 cm³/mol. The van der Waals surface area contributed by atoms with Gasteiger partial charge >= 0.3 is 0 Å². The van der Waals surface area contributed by atoms with E-state index in [1.54, 1.807) is 24.3 Å². The highest BCUT2D eigenvalue weighted by atomic mass is 32.2. The number of benzene rings is 3. The molecule has 0 radical (unpaired) electrons. The second kappa shape index (κ2) is 5.97. The van der Waals surface area contributed by atoms with Crippen LogP contribution in [0.4, 0.5) is 11.4 Å². The Morgan fingerprint density at radius 1 is 1.04 bits per heavy atom. The summed E-state index contributed by atoms with van der Waals surface area (Å²) in [6, 6.07) is 18.2. The Morgan fingerprint density at radius 3 is 2.72 bits per heavy atom. The maximum absolute atomic E-state index is 12.9. The van der Waals surface area contributed by atoms with Crippen molar-refractivity contribution in [2.24, 2.45) is 0 Å². The van der Waals surface area contributed by atoms with E-state index >= 15 is 0 Å². The molecule has 0 saturated heterocycles. The van der Waals surface area contributed by atoms with Gasteiger partial charge in [0.2, 0.25) is 0 Å². The average Bonchev–Trinajstić information content (AvgIpc) is 2.62. The zero-order valence-electron chi connectivity index (χ0n) is 13.8. The molecule has 5 nitrogen and oxygen atoms in total. The number of likely N-dealkylation sites (N-methyl/N-ethyl adjacent to an activating group) is 1. The summed E-state index contributed by atoms with van der Waals surface area (Å²) in [7, 11) is -1.77. The predicted octanol–water partition coefficient (Wildman–Crippen LogP) is 3.47. The first-order chi connectivity index (χ1) is 12.0. The van der Waals surface area contributed by atoms with E-state index in [1.807, 2.05) is 48.3 Å². The molecule has 25 heavy (non-hydrogen) atoms. The van der Waals surface area contributed by atoms with E-state index in [9.17, 15) is 8.42 Å². The van der Waals surface area contributed by atoms with Crippen molar-refractivity contribution in [2.45, 2.75) is 4.90 Å². The zero-order chi connectivity index (χ0) is 17.4. The highest BCUT2D eigenvalue weighted by Gasteiger charge is 2.21. The summed E-state index contributed by atoms with van der Waals surface area (Å²) >= 11 is 0. The van der Waals surface area contributed by atoms with Crippen LogP contribution in [0, 0.1) is 0 Å². The molecule has 0 bridgehead atoms. The number of sulfonamides is 1. The number of hydrogen-bond donors (Lipinski definition) is 1. The fourth-order valence-electron chi connectivity index (χ4n) is 3.02. The smallest absolute Gasteiger partial charge is 0.261 e. The van der Waals surface area contributed by atoms with Crippen LogP contribution in [-0.4, -0.2) is 28.6 Å². The molecule has 1 aliphatic rings. The van der Waals surface area contributed by atoms with Crippen LogP contribution in [0.25, 0.3) is 10.8 Å². The van der Waals surface area contributed by atoms with Gasteiger partial charge in [0.05, 0.1) is 22.8 Å². The lowest BCUT2D eigenvalue weighted by Crippen LogP contribution is -2.29. The van der Waals surface area contributed by atoms with Gasteiger partial charge in [-0.25, -0.2) is 8.42 Å². The molecule has 3 aromatic carbocycles. The van der Waals surface area contributed by atoms with Gasteiger partial charge in [0.15, 0.2) is 0 Å². The minimum Gasteiger partial charge on any atom is -0.490 e. The highest BCUT2D eigenvalue weighted by Crippen LogP contribution is 2.34. The van der Waals surface area contributed by atoms with Crippen molar-refractivity contribution in [3.05, 3.63) is 60.7 Å². The van der Waals surface area contributed by atoms with Gasteiger partial charge in [-0.05, 0) is 29.7 Å². The molecule has 1 N–H and O–H groups in total. The second-order valence-electron chi connectivity index (χ2n) is 6.03. The first-order valence-corrected chi connectivity index (χ1v) is 9.51. The summed E-state index contributed by atoms with van der Waals surface area (Å²) in [6.45, 7) is 1.33. The molecule has 3 aromatic rings. The Bertz CT molecular complexity index is 1040. The number of anilines is 2. The molecule has 0 aromatic heterocycles. The molecule has 0 unspecified atom stereocenters. The quantitative estimate of drug-likeness (QED) is 0.782. The number of fused-ring (bicyclic) bond motifs is 2. The first kappa shape index (κ1) is 15.8. The fourth-order valence-corrected chi connectivity index (χ4v) is 4.12. The largest absolute Gasteiger partial charge is 0.490 e. The van der Waals surface area contributed by atoms with E-state index in [2.05, 4.69) is 4.72 Å². The molecule has 0 amide bonds. The Morgan fingerprint density at radius 2 is 1.84 bits per heavy atom. The Hall–Kier alpha value is -2.73. The molecule has 0 atom stereocenters. The molecule has 6 heteroatoms. The third-order valence-electron chi connectivity index (χ3n) is 4.37. The monoisotopic (exact) mass is 354 g/mol. The average molecular weight is 354 g/mol.